The largest absolute Gasteiger partial charge is 2.00 e. The monoisotopic (exact) mass is 779 g/mol. The minimum Gasteiger partial charge on any atom is -0.753 e. The van der Waals surface area contributed by atoms with E-state index >= 15 is 0 Å². The Bertz CT molecular complexity index is 1340. The molecule has 1 radical (unpaired) electrons. The molecule has 0 spiro atoms. The van der Waals surface area contributed by atoms with Gasteiger partial charge in [0.1, 0.15) is 0 Å². The molecule has 0 saturated carbocycles. The molecule has 4 aromatic heterocycles. The van der Waals surface area contributed by atoms with Crippen LogP contribution in [0.2, 0.25) is 0 Å². The molecule has 0 aliphatic carbocycles. The van der Waals surface area contributed by atoms with Gasteiger partial charge in [-0.15, -0.1) is 0 Å². The number of thiocarbonyl (C=S) groups is 2. The number of rotatable bonds is 8. The average Bonchev–Trinajstić information content (AvgIpc) is 3.15. The summed E-state index contributed by atoms with van der Waals surface area (Å²) in [5.41, 5.74) is 2.17. The summed E-state index contributed by atoms with van der Waals surface area (Å²) < 4.78 is 19.0. The smallest absolute Gasteiger partial charge is 0.753 e. The van der Waals surface area contributed by atoms with Gasteiger partial charge in [0.15, 0.2) is 0 Å². The summed E-state index contributed by atoms with van der Waals surface area (Å²) in [6, 6.07) is 13.0. The predicted molar refractivity (Wildman–Crippen MR) is 193 cm³/mol. The third-order valence-electron chi connectivity index (χ3n) is 4.77. The Hall–Kier alpha value is -5.41. The van der Waals surface area contributed by atoms with Gasteiger partial charge >= 0.3 is 40.7 Å². The fraction of sp³-hybridized carbons (Fsp3) is 0.235. The zero-order valence-corrected chi connectivity index (χ0v) is 30.8. The van der Waals surface area contributed by atoms with Crippen LogP contribution in [0.3, 0.4) is 0 Å². The number of esters is 4. The number of hydrogen-bond donors (Lipinski definition) is 0. The molecule has 0 aliphatic heterocycles. The SMILES string of the molecule is CCOC(=O)c1ccncc1.CCOC(=O)c1ccncc1.CCOC(=O)c1ccncc1.CCOC(=O)c1ccncc1.[Co+2].[N-]=C=S.[N-]=C=S. The third kappa shape index (κ3) is 27.1. The number of nitrogens with zero attached hydrogens (tertiary/aromatic N) is 6. The summed E-state index contributed by atoms with van der Waals surface area (Å²) in [6.07, 6.45) is 12.5. The summed E-state index contributed by atoms with van der Waals surface area (Å²) in [6.45, 7) is 8.72. The van der Waals surface area contributed by atoms with E-state index in [-0.39, 0.29) is 40.7 Å². The molecule has 17 heteroatoms. The third-order valence-corrected chi connectivity index (χ3v) is 4.77. The molecule has 0 fully saturated rings. The molecule has 271 valence electrons. The van der Waals surface area contributed by atoms with Crippen LogP contribution in [0.25, 0.3) is 10.8 Å². The topological polar surface area (TPSA) is 201 Å². The van der Waals surface area contributed by atoms with E-state index in [1.165, 1.54) is 10.3 Å². The van der Waals surface area contributed by atoms with Crippen LogP contribution in [0, 0.1) is 0 Å². The minimum atomic E-state index is -0.296. The van der Waals surface area contributed by atoms with Crippen LogP contribution in [-0.2, 0) is 35.7 Å². The molecule has 4 aromatic rings. The molecule has 0 unspecified atom stereocenters. The summed E-state index contributed by atoms with van der Waals surface area (Å²) in [5.74, 6) is -1.19. The molecule has 0 saturated heterocycles. The van der Waals surface area contributed by atoms with Crippen molar-refractivity contribution in [3.63, 3.8) is 0 Å². The van der Waals surface area contributed by atoms with Gasteiger partial charge in [-0.2, -0.15) is 10.3 Å². The van der Waals surface area contributed by atoms with Crippen LogP contribution in [0.5, 0.6) is 0 Å². The average molecular weight is 780 g/mol. The second kappa shape index (κ2) is 35.9. The standard InChI is InChI=1S/4C8H9NO2.2CNS.Co/c4*1-2-11-8(10)7-3-5-9-6-4-7;2*2-1-3;/h4*3-6H,2H2,1H3;;;/q;;;;2*-1;+2. The Kier molecular flexibility index (Phi) is 35.2. The molecule has 0 N–H and O–H groups in total. The Balaban J connectivity index is -0.000000568. The Morgan fingerprint density at radius 3 is 0.725 bits per heavy atom. The maximum absolute atomic E-state index is 11.0. The summed E-state index contributed by atoms with van der Waals surface area (Å²) in [5, 5.41) is 16.9. The molecule has 0 aliphatic rings. The van der Waals surface area contributed by atoms with Crippen molar-refractivity contribution in [2.75, 3.05) is 26.4 Å². The maximum Gasteiger partial charge on any atom is 2.00 e. The molecule has 4 heterocycles. The molecule has 0 atom stereocenters. The molecule has 0 bridgehead atoms. The number of hydrogen-bond acceptors (Lipinski definition) is 14. The van der Waals surface area contributed by atoms with E-state index < -0.39 is 0 Å². The number of carbonyl (C=O) groups excluding carboxylic acids is 4. The van der Waals surface area contributed by atoms with Gasteiger partial charge < -0.3 is 29.8 Å². The van der Waals surface area contributed by atoms with Crippen LogP contribution in [0.1, 0.15) is 69.1 Å². The number of isothiocyanates is 2. The van der Waals surface area contributed by atoms with Gasteiger partial charge in [-0.3, -0.25) is 19.9 Å². The van der Waals surface area contributed by atoms with Crippen molar-refractivity contribution in [3.8, 4) is 0 Å². The van der Waals surface area contributed by atoms with E-state index in [0.29, 0.717) is 48.7 Å². The van der Waals surface area contributed by atoms with Crippen LogP contribution < -0.4 is 0 Å². The van der Waals surface area contributed by atoms with Gasteiger partial charge in [0.2, 0.25) is 0 Å². The first-order chi connectivity index (χ1) is 24.2. The van der Waals surface area contributed by atoms with E-state index in [1.54, 1.807) is 126 Å². The van der Waals surface area contributed by atoms with Crippen molar-refractivity contribution in [1.29, 1.82) is 0 Å². The molecule has 0 amide bonds. The second-order valence-electron chi connectivity index (χ2n) is 8.01. The molecule has 0 aromatic carbocycles. The fourth-order valence-electron chi connectivity index (χ4n) is 2.81. The van der Waals surface area contributed by atoms with Crippen molar-refractivity contribution in [2.45, 2.75) is 27.7 Å². The van der Waals surface area contributed by atoms with Gasteiger partial charge in [0.25, 0.3) is 0 Å². The van der Waals surface area contributed by atoms with Crippen LogP contribution >= 0.6 is 24.4 Å². The van der Waals surface area contributed by atoms with Crippen LogP contribution in [0.4, 0.5) is 0 Å². The van der Waals surface area contributed by atoms with E-state index in [2.05, 4.69) is 44.4 Å². The zero-order chi connectivity index (χ0) is 37.8. The fourth-order valence-corrected chi connectivity index (χ4v) is 2.81. The van der Waals surface area contributed by atoms with Gasteiger partial charge in [0.05, 0.1) is 48.7 Å². The first-order valence-electron chi connectivity index (χ1n) is 14.5. The molecule has 14 nitrogen and oxygen atoms in total. The van der Waals surface area contributed by atoms with Crippen molar-refractivity contribution in [1.82, 2.24) is 19.9 Å². The summed E-state index contributed by atoms with van der Waals surface area (Å²) in [7, 11) is 0. The van der Waals surface area contributed by atoms with Gasteiger partial charge in [-0.1, -0.05) is 24.4 Å². The quantitative estimate of drug-likeness (QED) is 0.0829. The Morgan fingerprint density at radius 2 is 0.608 bits per heavy atom. The van der Waals surface area contributed by atoms with Crippen molar-refractivity contribution in [3.05, 3.63) is 131 Å². The zero-order valence-electron chi connectivity index (χ0n) is 28.2. The number of pyridine rings is 4. The Labute approximate surface area is 317 Å². The van der Waals surface area contributed by atoms with E-state index in [4.69, 9.17) is 29.8 Å². The second-order valence-corrected chi connectivity index (χ2v) is 8.37. The summed E-state index contributed by atoms with van der Waals surface area (Å²) >= 11 is 7.40. The van der Waals surface area contributed by atoms with Crippen molar-refractivity contribution >= 4 is 58.6 Å². The first-order valence-corrected chi connectivity index (χ1v) is 15.3. The molecule has 4 rings (SSSR count). The van der Waals surface area contributed by atoms with E-state index in [9.17, 15) is 19.2 Å². The maximum atomic E-state index is 11.0. The van der Waals surface area contributed by atoms with Gasteiger partial charge in [-0.05, 0) is 76.2 Å². The Morgan fingerprint density at radius 1 is 0.471 bits per heavy atom. The van der Waals surface area contributed by atoms with E-state index in [1.807, 2.05) is 0 Å². The molecular weight excluding hydrogens is 743 g/mol. The molecule has 51 heavy (non-hydrogen) atoms. The predicted octanol–water partition coefficient (Wildman–Crippen LogP) is 6.35. The van der Waals surface area contributed by atoms with Gasteiger partial charge in [0, 0.05) is 49.6 Å². The first kappa shape index (κ1) is 50.0. The van der Waals surface area contributed by atoms with Crippen LogP contribution in [0.15, 0.2) is 98.1 Å². The van der Waals surface area contributed by atoms with Crippen LogP contribution in [-0.4, -0.2) is 80.6 Å². The molecular formula is C34H36CoN6O8S2. The normalized spacial score (nSPS) is 8.24. The van der Waals surface area contributed by atoms with Crippen molar-refractivity contribution < 1.29 is 54.9 Å². The van der Waals surface area contributed by atoms with E-state index in [0.717, 1.165) is 0 Å². The number of ether oxygens (including phenoxy) is 4. The minimum absolute atomic E-state index is 0. The summed E-state index contributed by atoms with van der Waals surface area (Å²) in [4.78, 5) is 59.1. The van der Waals surface area contributed by atoms with Gasteiger partial charge in [-0.25, -0.2) is 19.2 Å². The number of carbonyl (C=O) groups is 4. The van der Waals surface area contributed by atoms with Crippen molar-refractivity contribution in [2.24, 2.45) is 0 Å². The number of aromatic nitrogens is 4.